The molecule has 4 rings (SSSR count). The minimum absolute atomic E-state index is 0.0865. The lowest BCUT2D eigenvalue weighted by molar-refractivity contribution is -0.126. The Kier molecular flexibility index (Phi) is 5.53. The third-order valence-corrected chi connectivity index (χ3v) is 5.62. The van der Waals surface area contributed by atoms with Gasteiger partial charge in [-0.3, -0.25) is 19.6 Å². The van der Waals surface area contributed by atoms with Gasteiger partial charge in [0.2, 0.25) is 11.8 Å². The number of benzene rings is 2. The Balaban J connectivity index is 1.36. The van der Waals surface area contributed by atoms with Gasteiger partial charge >= 0.3 is 0 Å². The zero-order chi connectivity index (χ0) is 20.4. The molecule has 2 amide bonds. The van der Waals surface area contributed by atoms with E-state index in [1.807, 2.05) is 42.5 Å². The van der Waals surface area contributed by atoms with Crippen molar-refractivity contribution in [2.75, 3.05) is 25.1 Å². The Morgan fingerprint density at radius 3 is 2.86 bits per heavy atom. The molecule has 1 aliphatic rings. The molecule has 0 aliphatic carbocycles. The summed E-state index contributed by atoms with van der Waals surface area (Å²) in [6, 6.07) is 13.5. The average molecular weight is 457 g/mol. The number of amides is 2. The van der Waals surface area contributed by atoms with E-state index in [2.05, 4.69) is 31.4 Å². The highest BCUT2D eigenvalue weighted by molar-refractivity contribution is 9.10. The van der Waals surface area contributed by atoms with Gasteiger partial charge in [0, 0.05) is 29.4 Å². The van der Waals surface area contributed by atoms with Crippen LogP contribution in [-0.4, -0.2) is 42.2 Å². The quantitative estimate of drug-likeness (QED) is 0.596. The first-order valence-electron chi connectivity index (χ1n) is 9.40. The summed E-state index contributed by atoms with van der Waals surface area (Å²) in [5.74, 6) is 0.820. The summed E-state index contributed by atoms with van der Waals surface area (Å²) >= 11 is 3.43. The van der Waals surface area contributed by atoms with E-state index in [1.165, 1.54) is 0 Å². The number of nitrogens with zero attached hydrogens (tertiary/aromatic N) is 2. The molecule has 1 atom stereocenters. The van der Waals surface area contributed by atoms with Crippen LogP contribution in [-0.2, 0) is 16.0 Å². The highest BCUT2D eigenvalue weighted by Gasteiger charge is 2.36. The molecule has 0 radical (unpaired) electrons. The fraction of sp³-hybridized carbons (Fsp3) is 0.286. The summed E-state index contributed by atoms with van der Waals surface area (Å²) in [4.78, 5) is 26.7. The lowest BCUT2D eigenvalue weighted by Crippen LogP contribution is -2.34. The van der Waals surface area contributed by atoms with Gasteiger partial charge in [0.1, 0.15) is 5.75 Å². The molecule has 29 heavy (non-hydrogen) atoms. The van der Waals surface area contributed by atoms with E-state index in [0.717, 1.165) is 33.1 Å². The first-order valence-corrected chi connectivity index (χ1v) is 10.2. The normalized spacial score (nSPS) is 16.4. The molecule has 3 aromatic rings. The number of ether oxygens (including phenoxy) is 1. The number of methoxy groups -OCH3 is 1. The first-order chi connectivity index (χ1) is 14.0. The molecule has 0 saturated carbocycles. The van der Waals surface area contributed by atoms with Crippen LogP contribution in [0.1, 0.15) is 12.0 Å². The maximum absolute atomic E-state index is 12.6. The van der Waals surface area contributed by atoms with Crippen LogP contribution in [0.15, 0.2) is 46.9 Å². The van der Waals surface area contributed by atoms with E-state index < -0.39 is 0 Å². The Morgan fingerprint density at radius 1 is 1.31 bits per heavy atom. The third-order valence-electron chi connectivity index (χ3n) is 5.13. The van der Waals surface area contributed by atoms with Gasteiger partial charge in [-0.05, 0) is 42.3 Å². The van der Waals surface area contributed by atoms with Crippen molar-refractivity contribution in [1.82, 2.24) is 15.5 Å². The van der Waals surface area contributed by atoms with Crippen LogP contribution in [0.5, 0.6) is 5.75 Å². The number of fused-ring (bicyclic) bond motifs is 1. The fourth-order valence-electron chi connectivity index (χ4n) is 3.54. The number of hydrogen-bond acceptors (Lipinski definition) is 4. The number of hydrogen-bond donors (Lipinski definition) is 2. The molecule has 2 N–H and O–H groups in total. The van der Waals surface area contributed by atoms with Crippen molar-refractivity contribution in [1.29, 1.82) is 0 Å². The van der Waals surface area contributed by atoms with Gasteiger partial charge in [-0.2, -0.15) is 5.10 Å². The molecule has 1 aromatic heterocycles. The molecule has 1 aliphatic heterocycles. The Hall–Kier alpha value is -2.87. The minimum Gasteiger partial charge on any atom is -0.497 e. The molecular weight excluding hydrogens is 436 g/mol. The SMILES string of the molecule is COc1ccc(CCNC(=O)[C@H]2CC(=O)N(c3n[nH]c4cc(Br)ccc34)C2)cc1. The second-order valence-corrected chi connectivity index (χ2v) is 7.95. The van der Waals surface area contributed by atoms with Crippen LogP contribution in [0.25, 0.3) is 10.9 Å². The van der Waals surface area contributed by atoms with Gasteiger partial charge in [-0.15, -0.1) is 0 Å². The fourth-order valence-corrected chi connectivity index (χ4v) is 3.90. The van der Waals surface area contributed by atoms with Gasteiger partial charge in [0.25, 0.3) is 0 Å². The molecule has 7 nitrogen and oxygen atoms in total. The van der Waals surface area contributed by atoms with Crippen LogP contribution in [0.4, 0.5) is 5.82 Å². The van der Waals surface area contributed by atoms with Crippen molar-refractivity contribution in [2.45, 2.75) is 12.8 Å². The molecular formula is C21H21BrN4O3. The highest BCUT2D eigenvalue weighted by atomic mass is 79.9. The van der Waals surface area contributed by atoms with Gasteiger partial charge in [0.05, 0.1) is 18.5 Å². The molecule has 2 heterocycles. The molecule has 1 fully saturated rings. The molecule has 150 valence electrons. The van der Waals surface area contributed by atoms with E-state index in [1.54, 1.807) is 12.0 Å². The number of halogens is 1. The molecule has 0 unspecified atom stereocenters. The zero-order valence-electron chi connectivity index (χ0n) is 15.9. The van der Waals surface area contributed by atoms with Crippen LogP contribution in [0.3, 0.4) is 0 Å². The van der Waals surface area contributed by atoms with Gasteiger partial charge < -0.3 is 10.1 Å². The third kappa shape index (κ3) is 4.12. The summed E-state index contributed by atoms with van der Waals surface area (Å²) < 4.78 is 6.08. The number of aromatic amines is 1. The van der Waals surface area contributed by atoms with Crippen molar-refractivity contribution in [3.8, 4) is 5.75 Å². The summed E-state index contributed by atoms with van der Waals surface area (Å²) in [6.07, 6.45) is 0.915. The lowest BCUT2D eigenvalue weighted by Gasteiger charge is -2.14. The highest BCUT2D eigenvalue weighted by Crippen LogP contribution is 2.31. The van der Waals surface area contributed by atoms with E-state index >= 15 is 0 Å². The van der Waals surface area contributed by atoms with Crippen molar-refractivity contribution >= 4 is 44.5 Å². The number of rotatable bonds is 6. The molecule has 2 aromatic carbocycles. The number of nitrogens with one attached hydrogen (secondary N) is 2. The van der Waals surface area contributed by atoms with Crippen molar-refractivity contribution in [3.63, 3.8) is 0 Å². The van der Waals surface area contributed by atoms with Crippen LogP contribution < -0.4 is 15.0 Å². The van der Waals surface area contributed by atoms with Crippen LogP contribution >= 0.6 is 15.9 Å². The largest absolute Gasteiger partial charge is 0.497 e. The van der Waals surface area contributed by atoms with Crippen molar-refractivity contribution in [2.24, 2.45) is 5.92 Å². The van der Waals surface area contributed by atoms with Crippen LogP contribution in [0.2, 0.25) is 0 Å². The second-order valence-electron chi connectivity index (χ2n) is 7.03. The minimum atomic E-state index is -0.374. The van der Waals surface area contributed by atoms with E-state index in [4.69, 9.17) is 4.74 Å². The van der Waals surface area contributed by atoms with Crippen molar-refractivity contribution in [3.05, 3.63) is 52.5 Å². The van der Waals surface area contributed by atoms with Crippen molar-refractivity contribution < 1.29 is 14.3 Å². The number of anilines is 1. The van der Waals surface area contributed by atoms with E-state index in [-0.39, 0.29) is 24.2 Å². The Labute approximate surface area is 176 Å². The zero-order valence-corrected chi connectivity index (χ0v) is 17.5. The second kappa shape index (κ2) is 8.24. The maximum Gasteiger partial charge on any atom is 0.229 e. The van der Waals surface area contributed by atoms with Crippen LogP contribution in [0, 0.1) is 5.92 Å². The molecule has 0 spiro atoms. The summed E-state index contributed by atoms with van der Waals surface area (Å²) in [6.45, 7) is 0.860. The number of carbonyl (C=O) groups excluding carboxylic acids is 2. The maximum atomic E-state index is 12.6. The lowest BCUT2D eigenvalue weighted by atomic mass is 10.1. The number of H-pyrrole nitrogens is 1. The summed E-state index contributed by atoms with van der Waals surface area (Å²) in [7, 11) is 1.63. The predicted molar refractivity (Wildman–Crippen MR) is 114 cm³/mol. The molecule has 8 heteroatoms. The van der Waals surface area contributed by atoms with Gasteiger partial charge in [-0.25, -0.2) is 0 Å². The topological polar surface area (TPSA) is 87.3 Å². The summed E-state index contributed by atoms with van der Waals surface area (Å²) in [5, 5.41) is 11.1. The van der Waals surface area contributed by atoms with Gasteiger partial charge in [0.15, 0.2) is 5.82 Å². The first kappa shape index (κ1) is 19.4. The molecule has 0 bridgehead atoms. The smallest absolute Gasteiger partial charge is 0.229 e. The summed E-state index contributed by atoms with van der Waals surface area (Å²) in [5.41, 5.74) is 1.96. The van der Waals surface area contributed by atoms with E-state index in [9.17, 15) is 9.59 Å². The number of carbonyl (C=O) groups is 2. The van der Waals surface area contributed by atoms with E-state index in [0.29, 0.717) is 18.9 Å². The average Bonchev–Trinajstić information content (AvgIpc) is 3.31. The predicted octanol–water partition coefficient (Wildman–Crippen LogP) is 3.05. The Morgan fingerprint density at radius 2 is 2.10 bits per heavy atom. The number of aromatic nitrogens is 2. The monoisotopic (exact) mass is 456 g/mol. The Bertz CT molecular complexity index is 1050. The molecule has 1 saturated heterocycles. The van der Waals surface area contributed by atoms with Gasteiger partial charge in [-0.1, -0.05) is 28.1 Å². The standard InChI is InChI=1S/C21H21BrN4O3/c1-29-16-5-2-13(3-6-16)8-9-23-21(28)14-10-19(27)26(12-14)20-17-7-4-15(22)11-18(17)24-25-20/h2-7,11,14H,8-10,12H2,1H3,(H,23,28)(H,24,25)/t14-/m0/s1.